The number of carbonyl (C=O) groups is 1. The Balaban J connectivity index is 1.72. The second kappa shape index (κ2) is 7.54. The molecule has 0 bridgehead atoms. The zero-order chi connectivity index (χ0) is 22.3. The summed E-state index contributed by atoms with van der Waals surface area (Å²) in [7, 11) is 0. The topological polar surface area (TPSA) is 100 Å². The van der Waals surface area contributed by atoms with E-state index >= 15 is 0 Å². The average Bonchev–Trinajstić information content (AvgIpc) is 3.13. The molecule has 3 aromatic rings. The van der Waals surface area contributed by atoms with Gasteiger partial charge in [-0.25, -0.2) is 4.99 Å². The number of ether oxygens (including phenoxy) is 1. The summed E-state index contributed by atoms with van der Waals surface area (Å²) in [5.74, 6) is 0.233. The van der Waals surface area contributed by atoms with Gasteiger partial charge in [-0.3, -0.25) is 10.1 Å². The number of hydrogen-bond acceptors (Lipinski definition) is 5. The fraction of sp³-hybridized carbons (Fsp3) is 0.192. The molecule has 2 aliphatic heterocycles. The van der Waals surface area contributed by atoms with E-state index in [0.717, 1.165) is 16.7 Å². The van der Waals surface area contributed by atoms with Gasteiger partial charge in [0.25, 0.3) is 5.91 Å². The van der Waals surface area contributed by atoms with Crippen molar-refractivity contribution in [3.05, 3.63) is 89.5 Å². The van der Waals surface area contributed by atoms with E-state index in [0.29, 0.717) is 23.3 Å². The quantitative estimate of drug-likeness (QED) is 0.666. The molecular formula is C26H22N4O2. The van der Waals surface area contributed by atoms with E-state index in [4.69, 9.17) is 15.5 Å². The van der Waals surface area contributed by atoms with Crippen LogP contribution >= 0.6 is 0 Å². The maximum absolute atomic E-state index is 13.4. The number of nitrogens with zero attached hydrogens (tertiary/aromatic N) is 2. The molecule has 2 aliphatic rings. The maximum Gasteiger partial charge on any atom is 0.259 e. The molecule has 2 heterocycles. The van der Waals surface area contributed by atoms with Crippen molar-refractivity contribution in [3.63, 3.8) is 0 Å². The Bertz CT molecular complexity index is 1280. The van der Waals surface area contributed by atoms with E-state index in [1.165, 1.54) is 0 Å². The van der Waals surface area contributed by atoms with Crippen LogP contribution in [-0.2, 0) is 10.3 Å². The molecule has 5 rings (SSSR count). The minimum Gasteiger partial charge on any atom is -0.485 e. The Labute approximate surface area is 186 Å². The molecule has 3 atom stereocenters. The van der Waals surface area contributed by atoms with Crippen LogP contribution in [0.2, 0.25) is 0 Å². The number of guanidine groups is 1. The predicted molar refractivity (Wildman–Crippen MR) is 122 cm³/mol. The number of amides is 1. The molecule has 6 nitrogen and oxygen atoms in total. The summed E-state index contributed by atoms with van der Waals surface area (Å²) in [5.41, 5.74) is 8.85. The fourth-order valence-electron chi connectivity index (χ4n) is 4.88. The summed E-state index contributed by atoms with van der Waals surface area (Å²) in [5, 5.41) is 12.0. The zero-order valence-corrected chi connectivity index (χ0v) is 17.6. The van der Waals surface area contributed by atoms with Crippen LogP contribution in [0.25, 0.3) is 11.1 Å². The lowest BCUT2D eigenvalue weighted by atomic mass is 9.70. The van der Waals surface area contributed by atoms with Gasteiger partial charge in [-0.15, -0.1) is 0 Å². The van der Waals surface area contributed by atoms with Gasteiger partial charge in [-0.2, -0.15) is 5.26 Å². The summed E-state index contributed by atoms with van der Waals surface area (Å²) < 4.78 is 6.49. The van der Waals surface area contributed by atoms with Crippen LogP contribution < -0.4 is 15.8 Å². The maximum atomic E-state index is 13.4. The van der Waals surface area contributed by atoms with Crippen LogP contribution in [0.15, 0.2) is 77.8 Å². The van der Waals surface area contributed by atoms with Crippen LogP contribution in [0.4, 0.5) is 0 Å². The number of aliphatic imine (C=N–C) groups is 1. The first-order valence-electron chi connectivity index (χ1n) is 10.6. The highest BCUT2D eigenvalue weighted by atomic mass is 16.5. The molecule has 1 amide bonds. The van der Waals surface area contributed by atoms with Gasteiger partial charge in [0.2, 0.25) is 0 Å². The van der Waals surface area contributed by atoms with E-state index in [1.54, 1.807) is 6.07 Å². The average molecular weight is 422 g/mol. The first kappa shape index (κ1) is 19.8. The summed E-state index contributed by atoms with van der Waals surface area (Å²) in [4.78, 5) is 18.1. The largest absolute Gasteiger partial charge is 0.485 e. The lowest BCUT2D eigenvalue weighted by Crippen LogP contribution is -2.49. The van der Waals surface area contributed by atoms with E-state index in [2.05, 4.69) is 11.4 Å². The second-order valence-electron chi connectivity index (χ2n) is 8.08. The Kier molecular flexibility index (Phi) is 4.67. The first-order chi connectivity index (χ1) is 15.6. The van der Waals surface area contributed by atoms with Gasteiger partial charge in [-0.1, -0.05) is 55.5 Å². The number of nitriles is 1. The summed E-state index contributed by atoms with van der Waals surface area (Å²) >= 11 is 0. The van der Waals surface area contributed by atoms with Crippen LogP contribution in [0.1, 0.15) is 36.1 Å². The number of fused-ring (bicyclic) bond motifs is 2. The highest BCUT2D eigenvalue weighted by molar-refractivity contribution is 6.08. The summed E-state index contributed by atoms with van der Waals surface area (Å²) in [6, 6.07) is 25.2. The Hall–Kier alpha value is -4.11. The van der Waals surface area contributed by atoms with Gasteiger partial charge in [0, 0.05) is 11.5 Å². The summed E-state index contributed by atoms with van der Waals surface area (Å²) in [6.45, 7) is 2.04. The molecule has 3 aromatic carbocycles. The molecule has 3 N–H and O–H groups in total. The van der Waals surface area contributed by atoms with Crippen molar-refractivity contribution in [1.29, 1.82) is 5.26 Å². The van der Waals surface area contributed by atoms with Gasteiger partial charge in [0.15, 0.2) is 11.5 Å². The minimum absolute atomic E-state index is 0.116. The number of rotatable bonds is 3. The summed E-state index contributed by atoms with van der Waals surface area (Å²) in [6.07, 6.45) is 0.319. The molecule has 0 aliphatic carbocycles. The third-order valence-corrected chi connectivity index (χ3v) is 6.32. The van der Waals surface area contributed by atoms with Crippen LogP contribution in [0.5, 0.6) is 5.75 Å². The highest BCUT2D eigenvalue weighted by Crippen LogP contribution is 2.54. The van der Waals surface area contributed by atoms with Crippen molar-refractivity contribution in [2.24, 2.45) is 16.6 Å². The molecule has 158 valence electrons. The van der Waals surface area contributed by atoms with Crippen molar-refractivity contribution in [2.45, 2.75) is 25.0 Å². The van der Waals surface area contributed by atoms with Crippen molar-refractivity contribution in [3.8, 4) is 22.9 Å². The van der Waals surface area contributed by atoms with E-state index in [-0.39, 0.29) is 23.9 Å². The second-order valence-corrected chi connectivity index (χ2v) is 8.08. The normalized spacial score (nSPS) is 23.6. The standard InChI is InChI=1S/C26H22N4O2/c1-2-20-23(17-8-4-3-5-9-17)32-22-12-11-19(18-10-6-7-16(13-18)15-27)14-21(22)26(20)24(31)29-25(28)30-26/h3-14,20,23H,2H2,1H3,(H3,28,29,30,31)/t20?,23-,26+/m0/s1. The minimum atomic E-state index is -1.18. The molecule has 0 saturated heterocycles. The number of benzene rings is 3. The Morgan fingerprint density at radius 2 is 1.88 bits per heavy atom. The number of nitrogens with one attached hydrogen (secondary N) is 1. The monoisotopic (exact) mass is 422 g/mol. The molecule has 1 unspecified atom stereocenters. The van der Waals surface area contributed by atoms with Crippen molar-refractivity contribution < 1.29 is 9.53 Å². The van der Waals surface area contributed by atoms with Crippen molar-refractivity contribution >= 4 is 11.9 Å². The molecule has 0 fully saturated rings. The van der Waals surface area contributed by atoms with E-state index in [1.807, 2.05) is 73.7 Å². The molecule has 0 saturated carbocycles. The third-order valence-electron chi connectivity index (χ3n) is 6.32. The Morgan fingerprint density at radius 1 is 1.09 bits per heavy atom. The highest BCUT2D eigenvalue weighted by Gasteiger charge is 2.57. The molecule has 1 spiro atoms. The first-order valence-corrected chi connectivity index (χ1v) is 10.6. The number of carbonyl (C=O) groups excluding carboxylic acids is 1. The van der Waals surface area contributed by atoms with Gasteiger partial charge < -0.3 is 10.5 Å². The van der Waals surface area contributed by atoms with Gasteiger partial charge in [-0.05, 0) is 47.4 Å². The van der Waals surface area contributed by atoms with Crippen LogP contribution in [0, 0.1) is 17.2 Å². The predicted octanol–water partition coefficient (Wildman–Crippen LogP) is 4.02. The molecule has 32 heavy (non-hydrogen) atoms. The smallest absolute Gasteiger partial charge is 0.259 e. The molecule has 0 radical (unpaired) electrons. The Morgan fingerprint density at radius 3 is 2.56 bits per heavy atom. The molecular weight excluding hydrogens is 400 g/mol. The SMILES string of the molecule is CCC1[C@H](c2ccccc2)Oc2ccc(-c3cccc(C#N)c3)cc2[C@]12N=C(N)NC2=O. The van der Waals surface area contributed by atoms with E-state index in [9.17, 15) is 10.1 Å². The van der Waals surface area contributed by atoms with Crippen LogP contribution in [-0.4, -0.2) is 11.9 Å². The van der Waals surface area contributed by atoms with Gasteiger partial charge in [0.05, 0.1) is 11.6 Å². The van der Waals surface area contributed by atoms with Crippen LogP contribution in [0.3, 0.4) is 0 Å². The third kappa shape index (κ3) is 2.94. The fourth-order valence-corrected chi connectivity index (χ4v) is 4.88. The van der Waals surface area contributed by atoms with Gasteiger partial charge >= 0.3 is 0 Å². The number of hydrogen-bond donors (Lipinski definition) is 2. The molecule has 6 heteroatoms. The lowest BCUT2D eigenvalue weighted by molar-refractivity contribution is -0.129. The van der Waals surface area contributed by atoms with E-state index < -0.39 is 5.54 Å². The van der Waals surface area contributed by atoms with Crippen molar-refractivity contribution in [2.75, 3.05) is 0 Å². The number of nitrogens with two attached hydrogens (primary N) is 1. The van der Waals surface area contributed by atoms with Gasteiger partial charge in [0.1, 0.15) is 11.9 Å². The molecule has 0 aromatic heterocycles. The van der Waals surface area contributed by atoms with Crippen molar-refractivity contribution in [1.82, 2.24) is 5.32 Å². The lowest BCUT2D eigenvalue weighted by Gasteiger charge is -2.43. The zero-order valence-electron chi connectivity index (χ0n) is 17.6.